The smallest absolute Gasteiger partial charge is 0.160 e. The molecule has 0 aromatic heterocycles. The van der Waals surface area contributed by atoms with Gasteiger partial charge in [0.2, 0.25) is 0 Å². The van der Waals surface area contributed by atoms with Crippen molar-refractivity contribution in [3.63, 3.8) is 0 Å². The Hall–Kier alpha value is -0.410. The molecule has 0 radical (unpaired) electrons. The summed E-state index contributed by atoms with van der Waals surface area (Å²) in [5, 5.41) is 3.37. The average Bonchev–Trinajstić information content (AvgIpc) is 2.21. The lowest BCUT2D eigenvalue weighted by Gasteiger charge is -2.08. The lowest BCUT2D eigenvalue weighted by Crippen LogP contribution is -2.23. The first-order valence-corrected chi connectivity index (χ1v) is 6.38. The molecule has 96 valence electrons. The fourth-order valence-corrected chi connectivity index (χ4v) is 1.24. The highest BCUT2D eigenvalue weighted by Crippen LogP contribution is 1.98. The van der Waals surface area contributed by atoms with Crippen LogP contribution in [0.3, 0.4) is 0 Å². The van der Waals surface area contributed by atoms with Gasteiger partial charge in [0, 0.05) is 18.6 Å². The first-order valence-electron chi connectivity index (χ1n) is 6.38. The summed E-state index contributed by atoms with van der Waals surface area (Å²) in [4.78, 5) is 11.2. The van der Waals surface area contributed by atoms with Crippen LogP contribution in [0.5, 0.6) is 0 Å². The summed E-state index contributed by atoms with van der Waals surface area (Å²) in [5.74, 6) is 0.289. The lowest BCUT2D eigenvalue weighted by atomic mass is 10.1. The second-order valence-corrected chi connectivity index (χ2v) is 4.84. The van der Waals surface area contributed by atoms with Crippen LogP contribution in [-0.2, 0) is 9.53 Å². The molecule has 0 aliphatic heterocycles. The van der Waals surface area contributed by atoms with Crippen LogP contribution in [0.2, 0.25) is 0 Å². The molecule has 0 spiro atoms. The Morgan fingerprint density at radius 1 is 1.12 bits per heavy atom. The number of hydrogen-bond acceptors (Lipinski definition) is 3. The van der Waals surface area contributed by atoms with Crippen LogP contribution in [0.15, 0.2) is 0 Å². The van der Waals surface area contributed by atoms with Gasteiger partial charge in [-0.2, -0.15) is 0 Å². The molecule has 0 rings (SSSR count). The molecule has 0 aliphatic rings. The predicted octanol–water partition coefficient (Wildman–Crippen LogP) is 2.40. The maximum atomic E-state index is 11.2. The van der Waals surface area contributed by atoms with E-state index in [1.165, 1.54) is 6.42 Å². The zero-order chi connectivity index (χ0) is 12.4. The van der Waals surface area contributed by atoms with Crippen LogP contribution >= 0.6 is 0 Å². The second kappa shape index (κ2) is 9.79. The molecule has 16 heavy (non-hydrogen) atoms. The van der Waals surface area contributed by atoms with Gasteiger partial charge >= 0.3 is 0 Å². The van der Waals surface area contributed by atoms with E-state index in [0.29, 0.717) is 12.6 Å². The Labute approximate surface area is 99.9 Å². The topological polar surface area (TPSA) is 38.3 Å². The van der Waals surface area contributed by atoms with Crippen LogP contribution in [0.25, 0.3) is 0 Å². The van der Waals surface area contributed by atoms with E-state index in [2.05, 4.69) is 19.2 Å². The van der Waals surface area contributed by atoms with Gasteiger partial charge in [0.25, 0.3) is 0 Å². The Kier molecular flexibility index (Phi) is 9.54. The summed E-state index contributed by atoms with van der Waals surface area (Å²) in [7, 11) is 0. The molecule has 0 aromatic rings. The third-order valence-corrected chi connectivity index (χ3v) is 2.41. The van der Waals surface area contributed by atoms with Gasteiger partial charge in [0.15, 0.2) is 5.78 Å². The van der Waals surface area contributed by atoms with E-state index in [1.54, 1.807) is 0 Å². The Balaban J connectivity index is 3.13. The number of unbranched alkanes of at least 4 members (excludes halogenated alkanes) is 2. The van der Waals surface area contributed by atoms with E-state index < -0.39 is 0 Å². The zero-order valence-electron chi connectivity index (χ0n) is 11.2. The zero-order valence-corrected chi connectivity index (χ0v) is 11.2. The van der Waals surface area contributed by atoms with Gasteiger partial charge in [-0.15, -0.1) is 0 Å². The number of ketones is 1. The molecule has 3 heteroatoms. The quantitative estimate of drug-likeness (QED) is 0.585. The molecule has 0 aromatic carbocycles. The summed E-state index contributed by atoms with van der Waals surface area (Å²) in [6, 6.07) is 0.569. The summed E-state index contributed by atoms with van der Waals surface area (Å²) in [6.45, 7) is 10.2. The van der Waals surface area contributed by atoms with Crippen molar-refractivity contribution in [1.29, 1.82) is 0 Å². The van der Waals surface area contributed by atoms with Gasteiger partial charge in [-0.05, 0) is 25.8 Å². The maximum Gasteiger partial charge on any atom is 0.160 e. The molecule has 0 bridgehead atoms. The second-order valence-electron chi connectivity index (χ2n) is 4.84. The van der Waals surface area contributed by atoms with Crippen molar-refractivity contribution >= 4 is 5.78 Å². The summed E-state index contributed by atoms with van der Waals surface area (Å²) >= 11 is 0. The molecule has 0 saturated heterocycles. The molecule has 0 atom stereocenters. The molecule has 1 N–H and O–H groups in total. The Bertz CT molecular complexity index is 179. The van der Waals surface area contributed by atoms with Crippen LogP contribution < -0.4 is 5.32 Å². The summed E-state index contributed by atoms with van der Waals surface area (Å²) in [5.41, 5.74) is 0. The molecular formula is C13H27NO2. The van der Waals surface area contributed by atoms with Gasteiger partial charge < -0.3 is 10.1 Å². The van der Waals surface area contributed by atoms with Crippen LogP contribution in [-0.4, -0.2) is 31.6 Å². The van der Waals surface area contributed by atoms with E-state index >= 15 is 0 Å². The lowest BCUT2D eigenvalue weighted by molar-refractivity contribution is -0.126. The molecule has 0 aliphatic carbocycles. The predicted molar refractivity (Wildman–Crippen MR) is 67.7 cm³/mol. The van der Waals surface area contributed by atoms with Crippen LogP contribution in [0, 0.1) is 5.92 Å². The van der Waals surface area contributed by atoms with Crippen molar-refractivity contribution in [2.24, 2.45) is 5.92 Å². The third kappa shape index (κ3) is 10.1. The highest BCUT2D eigenvalue weighted by Gasteiger charge is 2.06. The van der Waals surface area contributed by atoms with Crippen LogP contribution in [0.4, 0.5) is 0 Å². The van der Waals surface area contributed by atoms with Gasteiger partial charge in [0.05, 0.1) is 0 Å². The van der Waals surface area contributed by atoms with Crippen LogP contribution in [0.1, 0.15) is 47.0 Å². The van der Waals surface area contributed by atoms with Gasteiger partial charge in [-0.1, -0.05) is 27.7 Å². The van der Waals surface area contributed by atoms with Gasteiger partial charge in [0.1, 0.15) is 6.61 Å². The molecule has 3 nitrogen and oxygen atoms in total. The molecule has 0 saturated carbocycles. The molecular weight excluding hydrogens is 202 g/mol. The van der Waals surface area contributed by atoms with Gasteiger partial charge in [-0.3, -0.25) is 4.79 Å². The van der Waals surface area contributed by atoms with Crippen molar-refractivity contribution in [1.82, 2.24) is 5.32 Å². The maximum absolute atomic E-state index is 11.2. The number of carbonyl (C=O) groups is 1. The minimum absolute atomic E-state index is 0.0928. The molecule has 0 heterocycles. The van der Waals surface area contributed by atoms with E-state index in [0.717, 1.165) is 19.4 Å². The summed E-state index contributed by atoms with van der Waals surface area (Å²) < 4.78 is 5.31. The minimum atomic E-state index is 0.0928. The van der Waals surface area contributed by atoms with Crippen molar-refractivity contribution in [2.45, 2.75) is 53.0 Å². The Morgan fingerprint density at radius 2 is 1.81 bits per heavy atom. The van der Waals surface area contributed by atoms with Crippen molar-refractivity contribution in [3.05, 3.63) is 0 Å². The van der Waals surface area contributed by atoms with Gasteiger partial charge in [-0.25, -0.2) is 0 Å². The highest BCUT2D eigenvalue weighted by molar-refractivity contribution is 5.81. The normalized spacial score (nSPS) is 11.4. The fraction of sp³-hybridized carbons (Fsp3) is 0.923. The minimum Gasteiger partial charge on any atom is -0.374 e. The van der Waals surface area contributed by atoms with Crippen molar-refractivity contribution in [2.75, 3.05) is 19.8 Å². The Morgan fingerprint density at radius 3 is 2.38 bits per heavy atom. The molecule has 0 amide bonds. The highest BCUT2D eigenvalue weighted by atomic mass is 16.5. The van der Waals surface area contributed by atoms with E-state index in [9.17, 15) is 4.79 Å². The number of Topliss-reactive ketones (excluding diaryl/α,β-unsaturated/α-hetero) is 1. The van der Waals surface area contributed by atoms with E-state index in [1.807, 2.05) is 13.8 Å². The fourth-order valence-electron chi connectivity index (χ4n) is 1.24. The standard InChI is InChI=1S/C13H27NO2/c1-11(2)13(15)10-16-9-7-5-6-8-14-12(3)4/h11-12,14H,5-10H2,1-4H3. The number of ether oxygens (including phenoxy) is 1. The molecule has 0 unspecified atom stereocenters. The molecule has 0 fully saturated rings. The number of nitrogens with one attached hydrogen (secondary N) is 1. The SMILES string of the molecule is CC(C)NCCCCCOCC(=O)C(C)C. The first kappa shape index (κ1) is 15.6. The summed E-state index contributed by atoms with van der Waals surface area (Å²) in [6.07, 6.45) is 3.39. The third-order valence-electron chi connectivity index (χ3n) is 2.41. The van der Waals surface area contributed by atoms with Crippen molar-refractivity contribution in [3.8, 4) is 0 Å². The van der Waals surface area contributed by atoms with E-state index in [4.69, 9.17) is 4.74 Å². The average molecular weight is 229 g/mol. The first-order chi connectivity index (χ1) is 7.54. The van der Waals surface area contributed by atoms with E-state index in [-0.39, 0.29) is 18.3 Å². The number of rotatable bonds is 10. The number of carbonyl (C=O) groups excluding carboxylic acids is 1. The monoisotopic (exact) mass is 229 g/mol. The largest absolute Gasteiger partial charge is 0.374 e. The number of hydrogen-bond donors (Lipinski definition) is 1. The van der Waals surface area contributed by atoms with Crippen molar-refractivity contribution < 1.29 is 9.53 Å².